The van der Waals surface area contributed by atoms with Crippen LogP contribution >= 0.6 is 0 Å². The van der Waals surface area contributed by atoms with Crippen LogP contribution in [-0.4, -0.2) is 107 Å². The van der Waals surface area contributed by atoms with E-state index in [9.17, 15) is 39.0 Å². The van der Waals surface area contributed by atoms with E-state index in [2.05, 4.69) is 10.6 Å². The number of rotatable bonds is 11. The van der Waals surface area contributed by atoms with Gasteiger partial charge in [0.25, 0.3) is 5.91 Å². The Morgan fingerprint density at radius 3 is 1.90 bits per heavy atom. The van der Waals surface area contributed by atoms with Crippen molar-refractivity contribution in [3.8, 4) is 0 Å². The molecule has 0 spiro atoms. The summed E-state index contributed by atoms with van der Waals surface area (Å²) in [6.07, 6.45) is 1.03. The number of likely N-dealkylation sites (tertiary alicyclic amines) is 2. The largest absolute Gasteiger partial charge is 0.480 e. The van der Waals surface area contributed by atoms with Gasteiger partial charge in [0, 0.05) is 58.0 Å². The molecule has 2 fully saturated rings. The van der Waals surface area contributed by atoms with E-state index in [4.69, 9.17) is 9.15 Å². The Balaban J connectivity index is 1.62. The molecule has 1 aromatic rings. The second-order valence-corrected chi connectivity index (χ2v) is 10.6. The Morgan fingerprint density at radius 1 is 0.949 bits per heavy atom. The summed E-state index contributed by atoms with van der Waals surface area (Å²) in [6.45, 7) is 3.10. The molecule has 3 heterocycles. The molecule has 4 atom stereocenters. The molecule has 3 rings (SSSR count). The smallest absolute Gasteiger partial charge is 0.326 e. The zero-order valence-corrected chi connectivity index (χ0v) is 22.0. The third kappa shape index (κ3) is 7.56. The van der Waals surface area contributed by atoms with Gasteiger partial charge in [-0.05, 0) is 17.5 Å². The first-order chi connectivity index (χ1) is 18.3. The summed E-state index contributed by atoms with van der Waals surface area (Å²) in [7, 11) is 1.35. The van der Waals surface area contributed by atoms with Crippen LogP contribution in [0.4, 0.5) is 0 Å². The Bertz CT molecular complexity index is 1100. The van der Waals surface area contributed by atoms with Crippen LogP contribution in [0, 0.1) is 5.41 Å². The highest BCUT2D eigenvalue weighted by Crippen LogP contribution is 2.31. The van der Waals surface area contributed by atoms with Gasteiger partial charge in [-0.1, -0.05) is 13.8 Å². The summed E-state index contributed by atoms with van der Waals surface area (Å²) in [4.78, 5) is 76.5. The zero-order chi connectivity index (χ0) is 28.9. The Hall–Kier alpha value is -3.94. The number of nitrogens with one attached hydrogen (secondary N) is 2. The number of hydrogen-bond donors (Lipinski definition) is 4. The molecule has 214 valence electrons. The molecule has 0 bridgehead atoms. The Labute approximate surface area is 224 Å². The summed E-state index contributed by atoms with van der Waals surface area (Å²) >= 11 is 0. The van der Waals surface area contributed by atoms with Crippen LogP contribution in [0.15, 0.2) is 22.8 Å². The number of carboxylic acids is 2. The number of furan rings is 1. The summed E-state index contributed by atoms with van der Waals surface area (Å²) in [6, 6.07) is -0.448. The molecule has 0 radical (unpaired) electrons. The van der Waals surface area contributed by atoms with Gasteiger partial charge in [0.05, 0.1) is 6.26 Å². The van der Waals surface area contributed by atoms with E-state index in [-0.39, 0.29) is 51.1 Å². The molecule has 0 saturated carbocycles. The van der Waals surface area contributed by atoms with Gasteiger partial charge in [-0.3, -0.25) is 19.2 Å². The van der Waals surface area contributed by atoms with Gasteiger partial charge in [-0.25, -0.2) is 9.59 Å². The molecule has 2 aliphatic rings. The standard InChI is InChI=1S/C25H34N4O10/c1-25(2,9-20(31)28-11-14(7-16(28)23(34)35)26-19(30)13-38-3)10-21(32)29-12-15(8-17(29)24(36)37)27-22(33)18-5-4-6-39-18/h4-6,14-17H,7-13H2,1-3H3,(H,26,30)(H,27,33)(H,34,35)(H,36,37). The van der Waals surface area contributed by atoms with Gasteiger partial charge in [-0.15, -0.1) is 0 Å². The lowest BCUT2D eigenvalue weighted by Gasteiger charge is -2.31. The molecule has 0 aromatic carbocycles. The third-order valence-corrected chi connectivity index (χ3v) is 6.79. The predicted octanol–water partition coefficient (Wildman–Crippen LogP) is -0.313. The van der Waals surface area contributed by atoms with Crippen LogP contribution < -0.4 is 10.6 Å². The molecule has 39 heavy (non-hydrogen) atoms. The van der Waals surface area contributed by atoms with Crippen molar-refractivity contribution in [2.24, 2.45) is 5.41 Å². The average Bonchev–Trinajstić information content (AvgIpc) is 3.58. The number of carboxylic acid groups (broad SMARTS) is 2. The summed E-state index contributed by atoms with van der Waals surface area (Å²) < 4.78 is 9.82. The monoisotopic (exact) mass is 550 g/mol. The van der Waals surface area contributed by atoms with Crippen LogP contribution in [-0.2, 0) is 28.7 Å². The maximum absolute atomic E-state index is 13.2. The van der Waals surface area contributed by atoms with Crippen molar-refractivity contribution in [1.82, 2.24) is 20.4 Å². The molecular weight excluding hydrogens is 516 g/mol. The fraction of sp³-hybridized carbons (Fsp3) is 0.600. The first-order valence-electron chi connectivity index (χ1n) is 12.5. The lowest BCUT2D eigenvalue weighted by atomic mass is 9.84. The van der Waals surface area contributed by atoms with Crippen LogP contribution in [0.25, 0.3) is 0 Å². The zero-order valence-electron chi connectivity index (χ0n) is 22.0. The van der Waals surface area contributed by atoms with Crippen molar-refractivity contribution in [3.63, 3.8) is 0 Å². The quantitative estimate of drug-likeness (QED) is 0.284. The number of ether oxygens (including phenoxy) is 1. The van der Waals surface area contributed by atoms with Crippen molar-refractivity contribution in [2.45, 2.75) is 63.7 Å². The lowest BCUT2D eigenvalue weighted by molar-refractivity contribution is -0.150. The highest BCUT2D eigenvalue weighted by atomic mass is 16.5. The number of methoxy groups -OCH3 is 1. The topological polar surface area (TPSA) is 196 Å². The van der Waals surface area contributed by atoms with Crippen molar-refractivity contribution >= 4 is 35.6 Å². The minimum absolute atomic E-state index is 0.000456. The Morgan fingerprint density at radius 2 is 1.46 bits per heavy atom. The fourth-order valence-electron chi connectivity index (χ4n) is 5.05. The summed E-state index contributed by atoms with van der Waals surface area (Å²) in [5.74, 6) is -4.30. The maximum atomic E-state index is 13.2. The molecule has 2 aliphatic heterocycles. The maximum Gasteiger partial charge on any atom is 0.326 e. The molecule has 4 N–H and O–H groups in total. The van der Waals surface area contributed by atoms with Crippen molar-refractivity contribution in [2.75, 3.05) is 26.8 Å². The number of hydrogen-bond acceptors (Lipinski definition) is 8. The fourth-order valence-corrected chi connectivity index (χ4v) is 5.05. The van der Waals surface area contributed by atoms with E-state index in [0.717, 1.165) is 0 Å². The third-order valence-electron chi connectivity index (χ3n) is 6.79. The van der Waals surface area contributed by atoms with E-state index in [1.807, 2.05) is 0 Å². The first-order valence-corrected chi connectivity index (χ1v) is 12.5. The molecule has 0 aliphatic carbocycles. The SMILES string of the molecule is COCC(=O)NC1CC(C(=O)O)N(C(=O)CC(C)(C)CC(=O)N2CC(NC(=O)c3ccco3)CC2C(=O)O)C1. The second-order valence-electron chi connectivity index (χ2n) is 10.6. The average molecular weight is 551 g/mol. The van der Waals surface area contributed by atoms with Crippen LogP contribution in [0.2, 0.25) is 0 Å². The normalized spacial score (nSPS) is 22.9. The molecule has 14 heteroatoms. The predicted molar refractivity (Wildman–Crippen MR) is 132 cm³/mol. The van der Waals surface area contributed by atoms with Crippen LogP contribution in [0.3, 0.4) is 0 Å². The van der Waals surface area contributed by atoms with Crippen molar-refractivity contribution in [1.29, 1.82) is 0 Å². The van der Waals surface area contributed by atoms with Crippen LogP contribution in [0.5, 0.6) is 0 Å². The molecule has 2 saturated heterocycles. The molecule has 4 amide bonds. The van der Waals surface area contributed by atoms with E-state index >= 15 is 0 Å². The molecule has 14 nitrogen and oxygen atoms in total. The minimum Gasteiger partial charge on any atom is -0.480 e. The first kappa shape index (κ1) is 29.6. The van der Waals surface area contributed by atoms with Gasteiger partial charge in [0.15, 0.2) is 5.76 Å². The summed E-state index contributed by atoms with van der Waals surface area (Å²) in [5, 5.41) is 24.6. The number of carbonyl (C=O) groups excluding carboxylic acids is 4. The van der Waals surface area contributed by atoms with Gasteiger partial charge in [-0.2, -0.15) is 0 Å². The van der Waals surface area contributed by atoms with E-state index in [1.54, 1.807) is 19.9 Å². The van der Waals surface area contributed by atoms with Gasteiger partial charge >= 0.3 is 11.9 Å². The molecule has 1 aromatic heterocycles. The number of carbonyl (C=O) groups is 6. The van der Waals surface area contributed by atoms with Gasteiger partial charge < -0.3 is 39.8 Å². The lowest BCUT2D eigenvalue weighted by Crippen LogP contribution is -2.45. The number of nitrogens with zero attached hydrogens (tertiary/aromatic N) is 2. The Kier molecular flexibility index (Phi) is 9.32. The van der Waals surface area contributed by atoms with Crippen molar-refractivity contribution in [3.05, 3.63) is 24.2 Å². The van der Waals surface area contributed by atoms with Gasteiger partial charge in [0.1, 0.15) is 18.7 Å². The highest BCUT2D eigenvalue weighted by Gasteiger charge is 2.44. The molecule has 4 unspecified atom stereocenters. The number of aliphatic carboxylic acids is 2. The second kappa shape index (κ2) is 12.3. The summed E-state index contributed by atoms with van der Waals surface area (Å²) in [5.41, 5.74) is -0.937. The van der Waals surface area contributed by atoms with Crippen molar-refractivity contribution < 1.29 is 48.1 Å². The number of amides is 4. The highest BCUT2D eigenvalue weighted by molar-refractivity contribution is 5.92. The van der Waals surface area contributed by atoms with E-state index < -0.39 is 65.1 Å². The van der Waals surface area contributed by atoms with E-state index in [0.29, 0.717) is 0 Å². The molecular formula is C25H34N4O10. The van der Waals surface area contributed by atoms with Gasteiger partial charge in [0.2, 0.25) is 17.7 Å². The van der Waals surface area contributed by atoms with E-state index in [1.165, 1.54) is 29.2 Å². The van der Waals surface area contributed by atoms with Crippen LogP contribution in [0.1, 0.15) is 50.1 Å². The minimum atomic E-state index is -1.21.